The number of aromatic nitrogens is 3. The van der Waals surface area contributed by atoms with Crippen LogP contribution in [-0.2, 0) is 12.3 Å². The van der Waals surface area contributed by atoms with Gasteiger partial charge in [-0.1, -0.05) is 36.0 Å². The zero-order chi connectivity index (χ0) is 20.9. The molecule has 150 valence electrons. The molecule has 0 aliphatic heterocycles. The van der Waals surface area contributed by atoms with Crippen molar-refractivity contribution in [2.45, 2.75) is 30.0 Å². The van der Waals surface area contributed by atoms with Crippen LogP contribution in [0.15, 0.2) is 58.9 Å². The van der Waals surface area contributed by atoms with Gasteiger partial charge in [0.2, 0.25) is 0 Å². The first-order valence-corrected chi connectivity index (χ1v) is 11.2. The molecule has 0 aliphatic carbocycles. The van der Waals surface area contributed by atoms with E-state index in [1.807, 2.05) is 49.4 Å². The number of hydrogen-bond donors (Lipinski definition) is 1. The van der Waals surface area contributed by atoms with Crippen LogP contribution in [0.1, 0.15) is 28.0 Å². The molecule has 2 aromatic heterocycles. The Kier molecular flexibility index (Phi) is 6.12. The molecule has 2 aromatic carbocycles. The minimum absolute atomic E-state index is 0.196. The summed E-state index contributed by atoms with van der Waals surface area (Å²) in [4.78, 5) is 17.2. The first kappa shape index (κ1) is 20.1. The second-order valence-electron chi connectivity index (χ2n) is 6.69. The monoisotopic (exact) mass is 433 g/mol. The third kappa shape index (κ3) is 4.70. The van der Waals surface area contributed by atoms with E-state index in [-0.39, 0.29) is 5.91 Å². The van der Waals surface area contributed by atoms with Crippen molar-refractivity contribution >= 4 is 45.0 Å². The van der Waals surface area contributed by atoms with Crippen LogP contribution in [0.4, 0.5) is 5.82 Å². The third-order valence-corrected chi connectivity index (χ3v) is 6.68. The highest BCUT2D eigenvalue weighted by Gasteiger charge is 2.11. The molecule has 0 unspecified atom stereocenters. The predicted molar refractivity (Wildman–Crippen MR) is 121 cm³/mol. The molecule has 0 saturated carbocycles. The zero-order valence-electron chi connectivity index (χ0n) is 16.3. The predicted octanol–water partition coefficient (Wildman–Crippen LogP) is 5.26. The Morgan fingerprint density at radius 3 is 2.80 bits per heavy atom. The fourth-order valence-electron chi connectivity index (χ4n) is 2.97. The number of thiazole rings is 1. The highest BCUT2D eigenvalue weighted by molar-refractivity contribution is 8.00. The number of nitriles is 1. The number of amides is 1. The molecular weight excluding hydrogens is 414 g/mol. The van der Waals surface area contributed by atoms with Gasteiger partial charge in [0.1, 0.15) is 5.82 Å². The highest BCUT2D eigenvalue weighted by Crippen LogP contribution is 2.31. The Morgan fingerprint density at radius 1 is 1.23 bits per heavy atom. The summed E-state index contributed by atoms with van der Waals surface area (Å²) >= 11 is 3.39. The SMILES string of the molecule is Cc1cc(NC(=O)c2ccc(CSc3nc4ccccc4s3)cc2)n(CCC#N)n1. The quantitative estimate of drug-likeness (QED) is 0.402. The third-order valence-electron chi connectivity index (χ3n) is 4.43. The van der Waals surface area contributed by atoms with Gasteiger partial charge in [0, 0.05) is 17.4 Å². The average molecular weight is 434 g/mol. The lowest BCUT2D eigenvalue weighted by atomic mass is 10.1. The lowest BCUT2D eigenvalue weighted by Crippen LogP contribution is -2.15. The van der Waals surface area contributed by atoms with E-state index in [0.29, 0.717) is 24.3 Å². The van der Waals surface area contributed by atoms with E-state index in [1.54, 1.807) is 33.8 Å². The van der Waals surface area contributed by atoms with Crippen LogP contribution in [0.2, 0.25) is 0 Å². The Balaban J connectivity index is 1.38. The van der Waals surface area contributed by atoms with E-state index < -0.39 is 0 Å². The van der Waals surface area contributed by atoms with Crippen LogP contribution in [0.3, 0.4) is 0 Å². The maximum Gasteiger partial charge on any atom is 0.256 e. The number of benzene rings is 2. The molecule has 1 amide bonds. The van der Waals surface area contributed by atoms with Gasteiger partial charge in [-0.05, 0) is 36.8 Å². The molecule has 0 atom stereocenters. The van der Waals surface area contributed by atoms with Crippen LogP contribution in [0.25, 0.3) is 10.2 Å². The van der Waals surface area contributed by atoms with Crippen LogP contribution in [0, 0.1) is 18.3 Å². The lowest BCUT2D eigenvalue weighted by Gasteiger charge is -2.08. The molecule has 0 aliphatic rings. The number of carbonyl (C=O) groups is 1. The standard InChI is InChI=1S/C22H19N5OS2/c1-15-13-20(27(26-15)12-4-11-23)25-21(28)17-9-7-16(8-10-17)14-29-22-24-18-5-2-3-6-19(18)30-22/h2-3,5-10,13H,4,12,14H2,1H3,(H,25,28). The number of aryl methyl sites for hydroxylation is 2. The number of hydrogen-bond acceptors (Lipinski definition) is 6. The Labute approximate surface area is 182 Å². The summed E-state index contributed by atoms with van der Waals surface area (Å²) in [6.07, 6.45) is 0.338. The van der Waals surface area contributed by atoms with E-state index in [4.69, 9.17) is 5.26 Å². The van der Waals surface area contributed by atoms with E-state index in [2.05, 4.69) is 27.5 Å². The van der Waals surface area contributed by atoms with Crippen molar-refractivity contribution in [3.05, 3.63) is 71.4 Å². The Hall–Kier alpha value is -3.15. The van der Waals surface area contributed by atoms with Gasteiger partial charge in [-0.15, -0.1) is 11.3 Å². The van der Waals surface area contributed by atoms with Crippen molar-refractivity contribution in [2.75, 3.05) is 5.32 Å². The number of rotatable bonds is 7. The van der Waals surface area contributed by atoms with E-state index in [0.717, 1.165) is 26.9 Å². The summed E-state index contributed by atoms with van der Waals surface area (Å²) in [5.41, 5.74) is 3.53. The van der Waals surface area contributed by atoms with E-state index in [9.17, 15) is 4.79 Å². The van der Waals surface area contributed by atoms with Crippen LogP contribution in [-0.4, -0.2) is 20.7 Å². The fraction of sp³-hybridized carbons (Fsp3) is 0.182. The molecule has 0 bridgehead atoms. The van der Waals surface area contributed by atoms with Gasteiger partial charge < -0.3 is 5.32 Å². The lowest BCUT2D eigenvalue weighted by molar-refractivity contribution is 0.102. The highest BCUT2D eigenvalue weighted by atomic mass is 32.2. The van der Waals surface area contributed by atoms with E-state index in [1.165, 1.54) is 4.70 Å². The number of nitrogens with zero attached hydrogens (tertiary/aromatic N) is 4. The molecular formula is C22H19N5OS2. The molecule has 0 spiro atoms. The molecule has 2 heterocycles. The van der Waals surface area contributed by atoms with Crippen molar-refractivity contribution in [1.82, 2.24) is 14.8 Å². The van der Waals surface area contributed by atoms with Crippen molar-refractivity contribution in [3.63, 3.8) is 0 Å². The molecule has 4 rings (SSSR count). The number of nitrogens with one attached hydrogen (secondary N) is 1. The molecule has 6 nitrogen and oxygen atoms in total. The second-order valence-corrected chi connectivity index (χ2v) is 8.94. The van der Waals surface area contributed by atoms with Crippen LogP contribution in [0.5, 0.6) is 0 Å². The van der Waals surface area contributed by atoms with Crippen LogP contribution < -0.4 is 5.32 Å². The minimum Gasteiger partial charge on any atom is -0.307 e. The zero-order valence-corrected chi connectivity index (χ0v) is 18.0. The molecule has 4 aromatic rings. The van der Waals surface area contributed by atoms with Crippen molar-refractivity contribution in [3.8, 4) is 6.07 Å². The van der Waals surface area contributed by atoms with E-state index >= 15 is 0 Å². The van der Waals surface area contributed by atoms with Gasteiger partial charge in [0.05, 0.1) is 34.9 Å². The molecule has 30 heavy (non-hydrogen) atoms. The second kappa shape index (κ2) is 9.11. The molecule has 0 radical (unpaired) electrons. The topological polar surface area (TPSA) is 83.6 Å². The van der Waals surface area contributed by atoms with Crippen molar-refractivity contribution in [2.24, 2.45) is 0 Å². The number of thioether (sulfide) groups is 1. The number of fused-ring (bicyclic) bond motifs is 1. The first-order valence-electron chi connectivity index (χ1n) is 9.42. The van der Waals surface area contributed by atoms with Crippen molar-refractivity contribution < 1.29 is 4.79 Å². The maximum atomic E-state index is 12.6. The smallest absolute Gasteiger partial charge is 0.256 e. The van der Waals surface area contributed by atoms with Gasteiger partial charge in [-0.2, -0.15) is 10.4 Å². The fourth-order valence-corrected chi connectivity index (χ4v) is 5.00. The summed E-state index contributed by atoms with van der Waals surface area (Å²) in [5, 5.41) is 16.0. The molecule has 0 saturated heterocycles. The number of anilines is 1. The normalized spacial score (nSPS) is 10.8. The molecule has 8 heteroatoms. The maximum absolute atomic E-state index is 12.6. The van der Waals surface area contributed by atoms with Gasteiger partial charge in [-0.3, -0.25) is 4.79 Å². The van der Waals surface area contributed by atoms with Gasteiger partial charge in [-0.25, -0.2) is 9.67 Å². The summed E-state index contributed by atoms with van der Waals surface area (Å²) in [6.45, 7) is 2.30. The summed E-state index contributed by atoms with van der Waals surface area (Å²) in [7, 11) is 0. The summed E-state index contributed by atoms with van der Waals surface area (Å²) in [6, 6.07) is 19.6. The summed E-state index contributed by atoms with van der Waals surface area (Å²) < 4.78 is 3.88. The van der Waals surface area contributed by atoms with Gasteiger partial charge in [0.25, 0.3) is 5.91 Å². The Bertz CT molecular complexity index is 1190. The first-order chi connectivity index (χ1) is 14.6. The largest absolute Gasteiger partial charge is 0.307 e. The van der Waals surface area contributed by atoms with Crippen LogP contribution >= 0.6 is 23.1 Å². The van der Waals surface area contributed by atoms with Gasteiger partial charge >= 0.3 is 0 Å². The average Bonchev–Trinajstić information content (AvgIpc) is 3.33. The summed E-state index contributed by atoms with van der Waals surface area (Å²) in [5.74, 6) is 1.20. The number of carbonyl (C=O) groups excluding carboxylic acids is 1. The molecule has 0 fully saturated rings. The number of para-hydroxylation sites is 1. The Morgan fingerprint density at radius 2 is 2.03 bits per heavy atom. The van der Waals surface area contributed by atoms with Crippen molar-refractivity contribution in [1.29, 1.82) is 5.26 Å². The molecule has 1 N–H and O–H groups in total. The minimum atomic E-state index is -0.196. The van der Waals surface area contributed by atoms with Gasteiger partial charge in [0.15, 0.2) is 4.34 Å².